The number of nitrogens with zero attached hydrogens (tertiary/aromatic N) is 3. The molecule has 6 nitrogen and oxygen atoms in total. The zero-order chi connectivity index (χ0) is 14.3. The molecular weight excluding hydrogens is 254 g/mol. The highest BCUT2D eigenvalue weighted by molar-refractivity contribution is 5.98. The van der Waals surface area contributed by atoms with E-state index in [0.717, 1.165) is 21.9 Å². The third-order valence-corrected chi connectivity index (χ3v) is 3.17. The van der Waals surface area contributed by atoms with Crippen molar-refractivity contribution in [3.63, 3.8) is 0 Å². The molecule has 0 fully saturated rings. The number of hydrogen-bond acceptors (Lipinski definition) is 6. The first-order chi connectivity index (χ1) is 9.62. The number of hydrogen-bond donors (Lipinski definition) is 2. The van der Waals surface area contributed by atoms with Crippen molar-refractivity contribution in [1.82, 2.24) is 15.0 Å². The van der Waals surface area contributed by atoms with Gasteiger partial charge in [0, 0.05) is 5.39 Å². The highest BCUT2D eigenvalue weighted by Crippen LogP contribution is 2.29. The maximum atomic E-state index is 5.95. The zero-order valence-corrected chi connectivity index (χ0v) is 11.3. The number of methoxy groups -OCH3 is 1. The lowest BCUT2D eigenvalue weighted by atomic mass is 10.1. The predicted molar refractivity (Wildman–Crippen MR) is 78.4 cm³/mol. The van der Waals surface area contributed by atoms with Crippen LogP contribution in [0.4, 0.5) is 5.82 Å². The standard InChI is InChI=1S/C14H15N5O/c1-7-3-8-5-9-13(16)17-11(6-15)18-14(9)19-12(8)10(4-7)20-2/h3-5H,6,15H2,1-2H3,(H2,16,17,18,19). The number of ether oxygens (including phenoxy) is 1. The fraction of sp³-hybridized carbons (Fsp3) is 0.214. The molecule has 2 aromatic heterocycles. The van der Waals surface area contributed by atoms with E-state index in [4.69, 9.17) is 16.2 Å². The first-order valence-electron chi connectivity index (χ1n) is 6.24. The van der Waals surface area contributed by atoms with Gasteiger partial charge in [-0.3, -0.25) is 0 Å². The van der Waals surface area contributed by atoms with Crippen molar-refractivity contribution in [2.45, 2.75) is 13.5 Å². The molecule has 20 heavy (non-hydrogen) atoms. The molecule has 3 rings (SSSR count). The Hall–Kier alpha value is -2.47. The molecule has 1 aromatic carbocycles. The van der Waals surface area contributed by atoms with Gasteiger partial charge < -0.3 is 16.2 Å². The highest BCUT2D eigenvalue weighted by Gasteiger charge is 2.11. The van der Waals surface area contributed by atoms with E-state index in [9.17, 15) is 0 Å². The summed E-state index contributed by atoms with van der Waals surface area (Å²) < 4.78 is 5.38. The lowest BCUT2D eigenvalue weighted by Crippen LogP contribution is -2.07. The molecule has 2 heterocycles. The van der Waals surface area contributed by atoms with Crippen LogP contribution in [0.25, 0.3) is 21.9 Å². The largest absolute Gasteiger partial charge is 0.494 e. The van der Waals surface area contributed by atoms with Crippen LogP contribution in [0.3, 0.4) is 0 Å². The second-order valence-electron chi connectivity index (χ2n) is 4.63. The highest BCUT2D eigenvalue weighted by atomic mass is 16.5. The minimum atomic E-state index is 0.227. The molecule has 0 saturated carbocycles. The van der Waals surface area contributed by atoms with Crippen molar-refractivity contribution in [2.75, 3.05) is 12.8 Å². The van der Waals surface area contributed by atoms with Crippen LogP contribution in [0, 0.1) is 6.92 Å². The van der Waals surface area contributed by atoms with Crippen molar-refractivity contribution in [3.05, 3.63) is 29.6 Å². The van der Waals surface area contributed by atoms with Crippen LogP contribution in [0.15, 0.2) is 18.2 Å². The molecule has 0 spiro atoms. The molecule has 3 aromatic rings. The summed E-state index contributed by atoms with van der Waals surface area (Å²) in [4.78, 5) is 13.0. The Morgan fingerprint density at radius 1 is 1.15 bits per heavy atom. The number of nitrogens with two attached hydrogens (primary N) is 2. The van der Waals surface area contributed by atoms with E-state index in [0.29, 0.717) is 23.0 Å². The Balaban J connectivity index is 2.43. The molecule has 0 aliphatic heterocycles. The molecule has 0 aliphatic carbocycles. The summed E-state index contributed by atoms with van der Waals surface area (Å²) in [5, 5.41) is 1.67. The van der Waals surface area contributed by atoms with E-state index >= 15 is 0 Å². The Morgan fingerprint density at radius 2 is 1.95 bits per heavy atom. The molecule has 0 radical (unpaired) electrons. The van der Waals surface area contributed by atoms with Gasteiger partial charge in [-0.15, -0.1) is 0 Å². The number of aromatic nitrogens is 3. The second-order valence-corrected chi connectivity index (χ2v) is 4.63. The van der Waals surface area contributed by atoms with Gasteiger partial charge in [0.05, 0.1) is 19.0 Å². The second kappa shape index (κ2) is 4.57. The van der Waals surface area contributed by atoms with Crippen molar-refractivity contribution >= 4 is 27.8 Å². The third kappa shape index (κ3) is 1.90. The van der Waals surface area contributed by atoms with Gasteiger partial charge in [0.1, 0.15) is 22.9 Å². The van der Waals surface area contributed by atoms with Crippen LogP contribution in [-0.4, -0.2) is 22.1 Å². The van der Waals surface area contributed by atoms with Crippen LogP contribution in [0.2, 0.25) is 0 Å². The normalized spacial score (nSPS) is 11.2. The summed E-state index contributed by atoms with van der Waals surface area (Å²) in [5.41, 5.74) is 13.9. The molecule has 0 amide bonds. The minimum absolute atomic E-state index is 0.227. The Labute approximate surface area is 115 Å². The lowest BCUT2D eigenvalue weighted by Gasteiger charge is -2.09. The smallest absolute Gasteiger partial charge is 0.165 e. The summed E-state index contributed by atoms with van der Waals surface area (Å²) in [6.45, 7) is 2.23. The molecule has 6 heteroatoms. The maximum Gasteiger partial charge on any atom is 0.165 e. The van der Waals surface area contributed by atoms with Crippen molar-refractivity contribution in [1.29, 1.82) is 0 Å². The van der Waals surface area contributed by atoms with Crippen LogP contribution >= 0.6 is 0 Å². The van der Waals surface area contributed by atoms with E-state index in [-0.39, 0.29) is 6.54 Å². The molecule has 0 atom stereocenters. The van der Waals surface area contributed by atoms with E-state index in [2.05, 4.69) is 15.0 Å². The van der Waals surface area contributed by atoms with Gasteiger partial charge in [-0.2, -0.15) is 0 Å². The minimum Gasteiger partial charge on any atom is -0.494 e. The number of nitrogen functional groups attached to an aromatic ring is 1. The van der Waals surface area contributed by atoms with E-state index in [1.165, 1.54) is 0 Å². The van der Waals surface area contributed by atoms with Crippen LogP contribution in [0.5, 0.6) is 5.75 Å². The van der Waals surface area contributed by atoms with Crippen LogP contribution < -0.4 is 16.2 Å². The van der Waals surface area contributed by atoms with Gasteiger partial charge in [-0.25, -0.2) is 15.0 Å². The number of rotatable bonds is 2. The number of aryl methyl sites for hydroxylation is 1. The van der Waals surface area contributed by atoms with Crippen molar-refractivity contribution < 1.29 is 4.74 Å². The molecule has 0 bridgehead atoms. The molecule has 0 saturated heterocycles. The fourth-order valence-electron chi connectivity index (χ4n) is 2.26. The molecule has 102 valence electrons. The Morgan fingerprint density at radius 3 is 2.65 bits per heavy atom. The van der Waals surface area contributed by atoms with E-state index in [1.54, 1.807) is 7.11 Å². The predicted octanol–water partition coefficient (Wildman–Crippen LogP) is 1.54. The number of pyridine rings is 1. The molecular formula is C14H15N5O. The Bertz CT molecular complexity index is 816. The molecule has 4 N–H and O–H groups in total. The SMILES string of the molecule is COc1cc(C)cc2cc3c(N)nc(CN)nc3nc12. The number of benzene rings is 1. The first kappa shape index (κ1) is 12.6. The first-order valence-corrected chi connectivity index (χ1v) is 6.24. The maximum absolute atomic E-state index is 5.95. The number of anilines is 1. The van der Waals surface area contributed by atoms with E-state index < -0.39 is 0 Å². The lowest BCUT2D eigenvalue weighted by molar-refractivity contribution is 0.418. The van der Waals surface area contributed by atoms with Crippen molar-refractivity contribution in [3.8, 4) is 5.75 Å². The summed E-state index contributed by atoms with van der Waals surface area (Å²) in [6.07, 6.45) is 0. The summed E-state index contributed by atoms with van der Waals surface area (Å²) in [5.74, 6) is 1.59. The Kier molecular flexibility index (Phi) is 2.87. The topological polar surface area (TPSA) is 99.9 Å². The van der Waals surface area contributed by atoms with Crippen molar-refractivity contribution in [2.24, 2.45) is 5.73 Å². The quantitative estimate of drug-likeness (QED) is 0.684. The summed E-state index contributed by atoms with van der Waals surface area (Å²) in [7, 11) is 1.62. The molecule has 0 unspecified atom stereocenters. The third-order valence-electron chi connectivity index (χ3n) is 3.17. The van der Waals surface area contributed by atoms with Crippen LogP contribution in [-0.2, 0) is 6.54 Å². The van der Waals surface area contributed by atoms with Gasteiger partial charge in [0.25, 0.3) is 0 Å². The summed E-state index contributed by atoms with van der Waals surface area (Å²) >= 11 is 0. The van der Waals surface area contributed by atoms with Gasteiger partial charge in [-0.1, -0.05) is 0 Å². The van der Waals surface area contributed by atoms with Gasteiger partial charge >= 0.3 is 0 Å². The monoisotopic (exact) mass is 269 g/mol. The average Bonchev–Trinajstić information content (AvgIpc) is 2.44. The summed E-state index contributed by atoms with van der Waals surface area (Å²) in [6, 6.07) is 5.90. The van der Waals surface area contributed by atoms with Gasteiger partial charge in [0.2, 0.25) is 0 Å². The fourth-order valence-corrected chi connectivity index (χ4v) is 2.26. The average molecular weight is 269 g/mol. The molecule has 0 aliphatic rings. The number of fused-ring (bicyclic) bond motifs is 2. The van der Waals surface area contributed by atoms with Gasteiger partial charge in [0.15, 0.2) is 5.65 Å². The van der Waals surface area contributed by atoms with Gasteiger partial charge in [-0.05, 0) is 30.7 Å². The van der Waals surface area contributed by atoms with Crippen LogP contribution in [0.1, 0.15) is 11.4 Å². The van der Waals surface area contributed by atoms with E-state index in [1.807, 2.05) is 25.1 Å². The zero-order valence-electron chi connectivity index (χ0n) is 11.3.